The Morgan fingerprint density at radius 3 is 2.56 bits per heavy atom. The van der Waals surface area contributed by atoms with Crippen molar-refractivity contribution >= 4 is 23.4 Å². The Kier molecular flexibility index (Phi) is 6.52. The Hall–Kier alpha value is -2.41. The maximum Gasteiger partial charge on any atom is 0.238 e. The van der Waals surface area contributed by atoms with Crippen LogP contribution in [-0.2, 0) is 14.4 Å². The highest BCUT2D eigenvalue weighted by Gasteiger charge is 2.27. The second kappa shape index (κ2) is 8.62. The van der Waals surface area contributed by atoms with E-state index in [1.54, 1.807) is 16.8 Å². The maximum atomic E-state index is 12.4. The monoisotopic (exact) mass is 346 g/mol. The predicted molar refractivity (Wildman–Crippen MR) is 95.8 cm³/mol. The highest BCUT2D eigenvalue weighted by atomic mass is 16.2. The summed E-state index contributed by atoms with van der Waals surface area (Å²) in [7, 11) is 1.72. The number of hydrogen-bond donors (Lipinski definition) is 2. The molecule has 0 saturated carbocycles. The fraction of sp³-hybridized carbons (Fsp3) is 0.500. The largest absolute Gasteiger partial charge is 0.369 e. The molecule has 0 unspecified atom stereocenters. The van der Waals surface area contributed by atoms with Gasteiger partial charge in [-0.1, -0.05) is 17.7 Å². The predicted octanol–water partition coefficient (Wildman–Crippen LogP) is 0.589. The zero-order chi connectivity index (χ0) is 18.4. The Morgan fingerprint density at radius 2 is 1.92 bits per heavy atom. The molecular weight excluding hydrogens is 320 g/mol. The van der Waals surface area contributed by atoms with E-state index in [4.69, 9.17) is 5.73 Å². The third-order valence-corrected chi connectivity index (χ3v) is 4.33. The number of amides is 3. The lowest BCUT2D eigenvalue weighted by Gasteiger charge is -2.32. The molecule has 0 aliphatic carbocycles. The molecule has 2 rings (SSSR count). The van der Waals surface area contributed by atoms with Gasteiger partial charge in [-0.2, -0.15) is 0 Å². The van der Waals surface area contributed by atoms with Crippen LogP contribution in [0, 0.1) is 12.8 Å². The summed E-state index contributed by atoms with van der Waals surface area (Å²) >= 11 is 0. The van der Waals surface area contributed by atoms with Crippen molar-refractivity contribution in [2.75, 3.05) is 38.5 Å². The number of rotatable bonds is 6. The first-order valence-electron chi connectivity index (χ1n) is 8.47. The highest BCUT2D eigenvalue weighted by Crippen LogP contribution is 2.16. The van der Waals surface area contributed by atoms with Crippen molar-refractivity contribution in [1.29, 1.82) is 0 Å². The van der Waals surface area contributed by atoms with E-state index in [9.17, 15) is 14.4 Å². The number of likely N-dealkylation sites (tertiary alicyclic amines) is 1. The van der Waals surface area contributed by atoms with Crippen LogP contribution in [0.25, 0.3) is 0 Å². The van der Waals surface area contributed by atoms with Crippen LogP contribution in [-0.4, -0.2) is 60.7 Å². The van der Waals surface area contributed by atoms with E-state index in [0.29, 0.717) is 13.1 Å². The minimum absolute atomic E-state index is 0.0865. The zero-order valence-corrected chi connectivity index (χ0v) is 14.8. The molecule has 1 heterocycles. The van der Waals surface area contributed by atoms with Crippen molar-refractivity contribution in [1.82, 2.24) is 9.80 Å². The second-order valence-corrected chi connectivity index (χ2v) is 6.67. The first-order valence-corrected chi connectivity index (χ1v) is 8.47. The number of nitrogens with two attached hydrogens (primary N) is 1. The molecule has 7 nitrogen and oxygen atoms in total. The molecule has 7 heteroatoms. The zero-order valence-electron chi connectivity index (χ0n) is 14.8. The molecule has 1 aliphatic rings. The van der Waals surface area contributed by atoms with Crippen LogP contribution in [0.2, 0.25) is 0 Å². The summed E-state index contributed by atoms with van der Waals surface area (Å²) < 4.78 is 0. The summed E-state index contributed by atoms with van der Waals surface area (Å²) in [6.07, 6.45) is 1.50. The van der Waals surface area contributed by atoms with Gasteiger partial charge in [-0.25, -0.2) is 0 Å². The summed E-state index contributed by atoms with van der Waals surface area (Å²) in [6, 6.07) is 7.54. The third kappa shape index (κ3) is 5.86. The molecule has 1 aliphatic heterocycles. The molecule has 0 radical (unpaired) electrons. The van der Waals surface area contributed by atoms with E-state index in [0.717, 1.165) is 24.1 Å². The van der Waals surface area contributed by atoms with E-state index in [2.05, 4.69) is 5.32 Å². The molecule has 1 aromatic rings. The van der Waals surface area contributed by atoms with Crippen molar-refractivity contribution in [2.45, 2.75) is 19.8 Å². The van der Waals surface area contributed by atoms with Gasteiger partial charge < -0.3 is 16.0 Å². The van der Waals surface area contributed by atoms with Gasteiger partial charge in [0.1, 0.15) is 0 Å². The number of primary amides is 1. The molecule has 0 aromatic heterocycles. The van der Waals surface area contributed by atoms with Gasteiger partial charge in [0.05, 0.1) is 19.0 Å². The molecule has 1 saturated heterocycles. The number of carbonyl (C=O) groups is 3. The molecule has 0 spiro atoms. The van der Waals surface area contributed by atoms with E-state index in [1.807, 2.05) is 31.2 Å². The van der Waals surface area contributed by atoms with Crippen molar-refractivity contribution in [2.24, 2.45) is 11.7 Å². The quantitative estimate of drug-likeness (QED) is 0.788. The lowest BCUT2D eigenvalue weighted by molar-refractivity contribution is -0.135. The maximum absolute atomic E-state index is 12.4. The molecular formula is C18H26N4O3. The standard InChI is InChI=1S/C18H26N4O3/c1-13-5-7-15(8-6-13)20-16(23)11-21(2)12-17(24)22-9-3-4-14(10-22)18(19)25/h5-8,14H,3-4,9-12H2,1-2H3,(H2,19,25)(H,20,23)/t14-/m0/s1. The van der Waals surface area contributed by atoms with E-state index in [1.165, 1.54) is 0 Å². The Balaban J connectivity index is 1.79. The van der Waals surface area contributed by atoms with Gasteiger partial charge in [-0.3, -0.25) is 19.3 Å². The fourth-order valence-corrected chi connectivity index (χ4v) is 2.91. The molecule has 1 fully saturated rings. The van der Waals surface area contributed by atoms with Crippen molar-refractivity contribution in [3.63, 3.8) is 0 Å². The topological polar surface area (TPSA) is 95.7 Å². The minimum atomic E-state index is -0.358. The molecule has 1 atom stereocenters. The molecule has 1 aromatic carbocycles. The van der Waals surface area contributed by atoms with Crippen molar-refractivity contribution < 1.29 is 14.4 Å². The number of nitrogens with zero attached hydrogens (tertiary/aromatic N) is 2. The number of carbonyl (C=O) groups excluding carboxylic acids is 3. The fourth-order valence-electron chi connectivity index (χ4n) is 2.91. The first kappa shape index (κ1) is 18.9. The van der Waals surface area contributed by atoms with Crippen LogP contribution in [0.4, 0.5) is 5.69 Å². The molecule has 0 bridgehead atoms. The summed E-state index contributed by atoms with van der Waals surface area (Å²) in [5, 5.41) is 2.81. The number of anilines is 1. The van der Waals surface area contributed by atoms with Gasteiger partial charge in [-0.15, -0.1) is 0 Å². The van der Waals surface area contributed by atoms with Crippen molar-refractivity contribution in [3.05, 3.63) is 29.8 Å². The lowest BCUT2D eigenvalue weighted by Crippen LogP contribution is -2.47. The summed E-state index contributed by atoms with van der Waals surface area (Å²) in [4.78, 5) is 39.1. The molecule has 136 valence electrons. The number of hydrogen-bond acceptors (Lipinski definition) is 4. The Morgan fingerprint density at radius 1 is 1.24 bits per heavy atom. The van der Waals surface area contributed by atoms with Crippen LogP contribution in [0.5, 0.6) is 0 Å². The minimum Gasteiger partial charge on any atom is -0.369 e. The van der Waals surface area contributed by atoms with Gasteiger partial charge in [0, 0.05) is 18.8 Å². The van der Waals surface area contributed by atoms with Crippen LogP contribution < -0.4 is 11.1 Å². The SMILES string of the molecule is Cc1ccc(NC(=O)CN(C)CC(=O)N2CCC[C@H](C(N)=O)C2)cc1. The number of nitrogens with one attached hydrogen (secondary N) is 1. The van der Waals surface area contributed by atoms with Crippen LogP contribution in [0.1, 0.15) is 18.4 Å². The number of aryl methyl sites for hydroxylation is 1. The van der Waals surface area contributed by atoms with E-state index < -0.39 is 0 Å². The summed E-state index contributed by atoms with van der Waals surface area (Å²) in [6.45, 7) is 3.23. The van der Waals surface area contributed by atoms with Gasteiger partial charge in [-0.05, 0) is 38.9 Å². The number of likely N-dealkylation sites (N-methyl/N-ethyl adjacent to an activating group) is 1. The molecule has 3 N–H and O–H groups in total. The van der Waals surface area contributed by atoms with Crippen molar-refractivity contribution in [3.8, 4) is 0 Å². The summed E-state index contributed by atoms with van der Waals surface area (Å²) in [5.74, 6) is -0.888. The summed E-state index contributed by atoms with van der Waals surface area (Å²) in [5.41, 5.74) is 7.19. The smallest absolute Gasteiger partial charge is 0.238 e. The first-order chi connectivity index (χ1) is 11.8. The molecule has 25 heavy (non-hydrogen) atoms. The number of piperidine rings is 1. The lowest BCUT2D eigenvalue weighted by atomic mass is 9.97. The van der Waals surface area contributed by atoms with Gasteiger partial charge in [0.15, 0.2) is 0 Å². The third-order valence-electron chi connectivity index (χ3n) is 4.33. The van der Waals surface area contributed by atoms with E-state index in [-0.39, 0.29) is 36.7 Å². The Bertz CT molecular complexity index is 630. The van der Waals surface area contributed by atoms with Gasteiger partial charge in [0.25, 0.3) is 0 Å². The molecule has 3 amide bonds. The van der Waals surface area contributed by atoms with Crippen LogP contribution >= 0.6 is 0 Å². The normalized spacial score (nSPS) is 17.4. The van der Waals surface area contributed by atoms with Crippen LogP contribution in [0.15, 0.2) is 24.3 Å². The van der Waals surface area contributed by atoms with Gasteiger partial charge in [0.2, 0.25) is 17.7 Å². The Labute approximate surface area is 148 Å². The average molecular weight is 346 g/mol. The van der Waals surface area contributed by atoms with E-state index >= 15 is 0 Å². The van der Waals surface area contributed by atoms with Gasteiger partial charge >= 0.3 is 0 Å². The van der Waals surface area contributed by atoms with Crippen LogP contribution in [0.3, 0.4) is 0 Å². The number of benzene rings is 1. The highest BCUT2D eigenvalue weighted by molar-refractivity contribution is 5.92. The second-order valence-electron chi connectivity index (χ2n) is 6.67. The average Bonchev–Trinajstić information content (AvgIpc) is 2.56.